The van der Waals surface area contributed by atoms with E-state index in [0.717, 1.165) is 12.8 Å². The van der Waals surface area contributed by atoms with Crippen molar-refractivity contribution >= 4 is 23.6 Å². The Bertz CT molecular complexity index is 504. The summed E-state index contributed by atoms with van der Waals surface area (Å²) in [5.41, 5.74) is 1.18. The number of urea groups is 1. The zero-order valence-corrected chi connectivity index (χ0v) is 12.5. The van der Waals surface area contributed by atoms with Gasteiger partial charge < -0.3 is 15.3 Å². The van der Waals surface area contributed by atoms with Crippen LogP contribution in [0, 0.1) is 0 Å². The highest BCUT2D eigenvalue weighted by Crippen LogP contribution is 2.27. The van der Waals surface area contributed by atoms with Crippen LogP contribution in [0.25, 0.3) is 0 Å². The van der Waals surface area contributed by atoms with Gasteiger partial charge >= 0.3 is 12.0 Å². The van der Waals surface area contributed by atoms with E-state index in [4.69, 9.17) is 16.7 Å². The summed E-state index contributed by atoms with van der Waals surface area (Å²) in [5.74, 6) is -0.603. The van der Waals surface area contributed by atoms with Gasteiger partial charge in [0.05, 0.1) is 6.42 Å². The number of halogens is 1. The molecule has 1 saturated heterocycles. The number of nitrogens with zero attached hydrogens (tertiary/aromatic N) is 1. The molecule has 0 aliphatic carbocycles. The molecular weight excluding hydrogens is 292 g/mol. The minimum atomic E-state index is -0.909. The van der Waals surface area contributed by atoms with Crippen molar-refractivity contribution in [3.05, 3.63) is 34.9 Å². The third-order valence-corrected chi connectivity index (χ3v) is 3.92. The van der Waals surface area contributed by atoms with Crippen LogP contribution in [-0.2, 0) is 4.79 Å². The molecule has 114 valence electrons. The number of nitrogens with one attached hydrogen (secondary N) is 1. The molecule has 21 heavy (non-hydrogen) atoms. The van der Waals surface area contributed by atoms with Crippen LogP contribution in [0.15, 0.2) is 24.3 Å². The van der Waals surface area contributed by atoms with E-state index in [1.165, 1.54) is 5.56 Å². The fourth-order valence-electron chi connectivity index (χ4n) is 2.56. The van der Waals surface area contributed by atoms with E-state index in [-0.39, 0.29) is 19.0 Å². The van der Waals surface area contributed by atoms with E-state index in [1.807, 2.05) is 24.3 Å². The number of hydrogen-bond acceptors (Lipinski definition) is 2. The van der Waals surface area contributed by atoms with Crippen LogP contribution >= 0.6 is 11.6 Å². The predicted octanol–water partition coefficient (Wildman–Crippen LogP) is 2.70. The largest absolute Gasteiger partial charge is 0.481 e. The van der Waals surface area contributed by atoms with Gasteiger partial charge in [0.1, 0.15) is 0 Å². The van der Waals surface area contributed by atoms with Gasteiger partial charge in [-0.1, -0.05) is 23.7 Å². The summed E-state index contributed by atoms with van der Waals surface area (Å²) in [6.07, 6.45) is 1.93. The Hall–Kier alpha value is -1.75. The molecule has 0 radical (unpaired) electrons. The molecular formula is C15H19ClN2O3. The summed E-state index contributed by atoms with van der Waals surface area (Å²) in [7, 11) is 0. The Morgan fingerprint density at radius 1 is 1.33 bits per heavy atom. The fraction of sp³-hybridized carbons (Fsp3) is 0.467. The monoisotopic (exact) mass is 310 g/mol. The molecule has 1 fully saturated rings. The maximum absolute atomic E-state index is 12.0. The summed E-state index contributed by atoms with van der Waals surface area (Å²) >= 11 is 5.89. The molecule has 0 bridgehead atoms. The van der Waals surface area contributed by atoms with Crippen LogP contribution in [0.1, 0.15) is 30.7 Å². The van der Waals surface area contributed by atoms with E-state index in [9.17, 15) is 9.59 Å². The van der Waals surface area contributed by atoms with E-state index in [1.54, 1.807) is 4.90 Å². The van der Waals surface area contributed by atoms with Crippen molar-refractivity contribution in [2.45, 2.75) is 25.2 Å². The number of carbonyl (C=O) groups excluding carboxylic acids is 1. The maximum Gasteiger partial charge on any atom is 0.317 e. The van der Waals surface area contributed by atoms with Gasteiger partial charge in [-0.25, -0.2) is 4.79 Å². The molecule has 0 saturated carbocycles. The van der Waals surface area contributed by atoms with E-state index in [0.29, 0.717) is 24.0 Å². The number of carboxylic acid groups (broad SMARTS) is 1. The predicted molar refractivity (Wildman–Crippen MR) is 80.7 cm³/mol. The highest BCUT2D eigenvalue weighted by Gasteiger charge is 2.24. The first-order valence-corrected chi connectivity index (χ1v) is 7.44. The molecule has 2 N–H and O–H groups in total. The van der Waals surface area contributed by atoms with Crippen molar-refractivity contribution in [2.24, 2.45) is 0 Å². The van der Waals surface area contributed by atoms with Gasteiger partial charge in [-0.2, -0.15) is 0 Å². The van der Waals surface area contributed by atoms with Crippen molar-refractivity contribution in [1.82, 2.24) is 10.2 Å². The Kier molecular flexibility index (Phi) is 5.44. The minimum Gasteiger partial charge on any atom is -0.481 e. The molecule has 5 nitrogen and oxygen atoms in total. The summed E-state index contributed by atoms with van der Waals surface area (Å²) in [4.78, 5) is 24.2. The van der Waals surface area contributed by atoms with E-state index < -0.39 is 5.97 Å². The standard InChI is InChI=1S/C15H19ClN2O3/c16-13-5-3-11(4-6-13)12-2-1-9-18(10-12)15(21)17-8-7-14(19)20/h3-6,12H,1-2,7-10H2,(H,17,21)(H,19,20)/t12-/m0/s1. The van der Waals surface area contributed by atoms with Crippen LogP contribution < -0.4 is 5.32 Å². The average Bonchev–Trinajstić information content (AvgIpc) is 2.47. The third kappa shape index (κ3) is 4.63. The second-order valence-electron chi connectivity index (χ2n) is 5.21. The Morgan fingerprint density at radius 3 is 2.71 bits per heavy atom. The fourth-order valence-corrected chi connectivity index (χ4v) is 2.68. The molecule has 0 aromatic heterocycles. The number of hydrogen-bond donors (Lipinski definition) is 2. The van der Waals surface area contributed by atoms with Gasteiger partial charge in [0.15, 0.2) is 0 Å². The normalized spacial score (nSPS) is 18.3. The first-order chi connectivity index (χ1) is 10.1. The van der Waals surface area contributed by atoms with Gasteiger partial charge in [-0.3, -0.25) is 4.79 Å². The molecule has 1 aromatic carbocycles. The van der Waals surface area contributed by atoms with Crippen molar-refractivity contribution < 1.29 is 14.7 Å². The molecule has 1 aliphatic heterocycles. The highest BCUT2D eigenvalue weighted by atomic mass is 35.5. The zero-order chi connectivity index (χ0) is 15.2. The summed E-state index contributed by atoms with van der Waals surface area (Å²) in [6.45, 7) is 1.53. The van der Waals surface area contributed by atoms with E-state index >= 15 is 0 Å². The summed E-state index contributed by atoms with van der Waals surface area (Å²) in [5, 5.41) is 11.9. The molecule has 1 heterocycles. The quantitative estimate of drug-likeness (QED) is 0.898. The molecule has 0 spiro atoms. The minimum absolute atomic E-state index is 0.0554. The second kappa shape index (κ2) is 7.31. The Labute approximate surface area is 128 Å². The topological polar surface area (TPSA) is 69.6 Å². The summed E-state index contributed by atoms with van der Waals surface area (Å²) < 4.78 is 0. The third-order valence-electron chi connectivity index (χ3n) is 3.67. The second-order valence-corrected chi connectivity index (χ2v) is 5.65. The van der Waals surface area contributed by atoms with Crippen LogP contribution in [0.3, 0.4) is 0 Å². The first kappa shape index (κ1) is 15.6. The van der Waals surface area contributed by atoms with Crippen LogP contribution in [0.4, 0.5) is 4.79 Å². The lowest BCUT2D eigenvalue weighted by molar-refractivity contribution is -0.136. The average molecular weight is 311 g/mol. The lowest BCUT2D eigenvalue weighted by Crippen LogP contribution is -2.45. The number of carboxylic acids is 1. The van der Waals surface area contributed by atoms with Crippen LogP contribution in [0.2, 0.25) is 5.02 Å². The van der Waals surface area contributed by atoms with E-state index in [2.05, 4.69) is 5.32 Å². The molecule has 6 heteroatoms. The Balaban J connectivity index is 1.89. The van der Waals surface area contributed by atoms with Crippen LogP contribution in [0.5, 0.6) is 0 Å². The zero-order valence-electron chi connectivity index (χ0n) is 11.7. The van der Waals surface area contributed by atoms with Crippen molar-refractivity contribution in [3.63, 3.8) is 0 Å². The van der Waals surface area contributed by atoms with Gasteiger partial charge in [-0.15, -0.1) is 0 Å². The number of likely N-dealkylation sites (tertiary alicyclic amines) is 1. The number of rotatable bonds is 4. The van der Waals surface area contributed by atoms with Gasteiger partial charge in [0.2, 0.25) is 0 Å². The molecule has 1 aliphatic rings. The molecule has 1 atom stereocenters. The van der Waals surface area contributed by atoms with Crippen molar-refractivity contribution in [3.8, 4) is 0 Å². The Morgan fingerprint density at radius 2 is 2.05 bits per heavy atom. The smallest absolute Gasteiger partial charge is 0.317 e. The number of amides is 2. The summed E-state index contributed by atoms with van der Waals surface area (Å²) in [6, 6.07) is 7.54. The van der Waals surface area contributed by atoms with Gasteiger partial charge in [-0.05, 0) is 30.5 Å². The number of carbonyl (C=O) groups is 2. The highest BCUT2D eigenvalue weighted by molar-refractivity contribution is 6.30. The number of aliphatic carboxylic acids is 1. The number of piperidine rings is 1. The lowest BCUT2D eigenvalue weighted by Gasteiger charge is -2.33. The van der Waals surface area contributed by atoms with Crippen LogP contribution in [-0.4, -0.2) is 41.6 Å². The molecule has 1 aromatic rings. The SMILES string of the molecule is O=C(O)CCNC(=O)N1CCC[C@H](c2ccc(Cl)cc2)C1. The van der Waals surface area contributed by atoms with Crippen molar-refractivity contribution in [2.75, 3.05) is 19.6 Å². The maximum atomic E-state index is 12.0. The molecule has 0 unspecified atom stereocenters. The number of benzene rings is 1. The van der Waals surface area contributed by atoms with Gasteiger partial charge in [0, 0.05) is 30.6 Å². The molecule has 2 amide bonds. The first-order valence-electron chi connectivity index (χ1n) is 7.06. The molecule has 2 rings (SSSR count). The van der Waals surface area contributed by atoms with Crippen molar-refractivity contribution in [1.29, 1.82) is 0 Å². The lowest BCUT2D eigenvalue weighted by atomic mass is 9.91. The van der Waals surface area contributed by atoms with Gasteiger partial charge in [0.25, 0.3) is 0 Å².